The smallest absolute Gasteiger partial charge is 0.123 e. The highest BCUT2D eigenvalue weighted by molar-refractivity contribution is 5.85. The molecule has 0 saturated heterocycles. The quantitative estimate of drug-likeness (QED) is 0.730. The molecule has 0 unspecified atom stereocenters. The summed E-state index contributed by atoms with van der Waals surface area (Å²) in [5, 5.41) is 0. The first-order chi connectivity index (χ1) is 5.72. The predicted octanol–water partition coefficient (Wildman–Crippen LogP) is 2.70. The maximum absolute atomic E-state index is 12.5. The Morgan fingerprint density at radius 2 is 1.77 bits per heavy atom. The maximum Gasteiger partial charge on any atom is 0.123 e. The third kappa shape index (κ3) is 4.25. The van der Waals surface area contributed by atoms with E-state index in [-0.39, 0.29) is 18.2 Å². The number of hydrogen-bond donors (Lipinski definition) is 0. The van der Waals surface area contributed by atoms with Crippen molar-refractivity contribution in [1.29, 1.82) is 0 Å². The van der Waals surface area contributed by atoms with E-state index in [2.05, 4.69) is 11.8 Å². The summed E-state index contributed by atoms with van der Waals surface area (Å²) in [7, 11) is 2.04. The topological polar surface area (TPSA) is 3.24 Å². The Morgan fingerprint density at radius 1 is 1.23 bits per heavy atom. The van der Waals surface area contributed by atoms with Gasteiger partial charge in [-0.15, -0.1) is 12.4 Å². The van der Waals surface area contributed by atoms with Gasteiger partial charge in [-0.3, -0.25) is 0 Å². The molecule has 0 saturated carbocycles. The Balaban J connectivity index is 0.00000144. The summed E-state index contributed by atoms with van der Waals surface area (Å²) in [5.74, 6) is -0.169. The zero-order valence-electron chi connectivity index (χ0n) is 7.96. The molecule has 0 amide bonds. The van der Waals surface area contributed by atoms with Gasteiger partial charge in [0.05, 0.1) is 0 Å². The van der Waals surface area contributed by atoms with Crippen molar-refractivity contribution < 1.29 is 4.39 Å². The Kier molecular flexibility index (Phi) is 5.67. The average molecular weight is 204 g/mol. The summed E-state index contributed by atoms with van der Waals surface area (Å²) in [5.41, 5.74) is 1.15. The van der Waals surface area contributed by atoms with Crippen molar-refractivity contribution in [2.75, 3.05) is 13.6 Å². The van der Waals surface area contributed by atoms with E-state index in [9.17, 15) is 4.39 Å². The van der Waals surface area contributed by atoms with E-state index < -0.39 is 0 Å². The lowest BCUT2D eigenvalue weighted by Crippen LogP contribution is -2.16. The van der Waals surface area contributed by atoms with Crippen molar-refractivity contribution in [3.8, 4) is 0 Å². The van der Waals surface area contributed by atoms with Gasteiger partial charge in [-0.2, -0.15) is 0 Å². The number of rotatable bonds is 3. The highest BCUT2D eigenvalue weighted by Gasteiger charge is 1.96. The van der Waals surface area contributed by atoms with Gasteiger partial charge in [-0.25, -0.2) is 4.39 Å². The molecule has 3 heteroatoms. The van der Waals surface area contributed by atoms with Crippen LogP contribution in [-0.2, 0) is 6.54 Å². The van der Waals surface area contributed by atoms with E-state index in [4.69, 9.17) is 0 Å². The number of hydrogen-bond acceptors (Lipinski definition) is 1. The molecule has 0 aliphatic rings. The molecule has 0 aliphatic carbocycles. The van der Waals surface area contributed by atoms with Crippen LogP contribution < -0.4 is 0 Å². The standard InChI is InChI=1S/C10H14FN.ClH/c1-3-12(2)8-9-4-6-10(11)7-5-9;/h4-7H,3,8H2,1-2H3;1H. The van der Waals surface area contributed by atoms with Gasteiger partial charge in [0.15, 0.2) is 0 Å². The van der Waals surface area contributed by atoms with Crippen LogP contribution in [0.4, 0.5) is 4.39 Å². The van der Waals surface area contributed by atoms with Gasteiger partial charge in [0, 0.05) is 6.54 Å². The summed E-state index contributed by atoms with van der Waals surface area (Å²) in [6.07, 6.45) is 0. The zero-order chi connectivity index (χ0) is 8.97. The van der Waals surface area contributed by atoms with Crippen molar-refractivity contribution in [2.45, 2.75) is 13.5 Å². The van der Waals surface area contributed by atoms with E-state index in [0.29, 0.717) is 0 Å². The molecule has 0 heterocycles. The number of benzene rings is 1. The van der Waals surface area contributed by atoms with Gasteiger partial charge in [0.25, 0.3) is 0 Å². The SMILES string of the molecule is CCN(C)Cc1ccc(F)cc1.Cl. The molecule has 0 bridgehead atoms. The van der Waals surface area contributed by atoms with Crippen molar-refractivity contribution >= 4 is 12.4 Å². The summed E-state index contributed by atoms with van der Waals surface area (Å²) in [4.78, 5) is 2.17. The zero-order valence-corrected chi connectivity index (χ0v) is 8.77. The Bertz CT molecular complexity index is 235. The molecule has 1 nitrogen and oxygen atoms in total. The fourth-order valence-corrected chi connectivity index (χ4v) is 1.01. The van der Waals surface area contributed by atoms with Gasteiger partial charge in [0.2, 0.25) is 0 Å². The third-order valence-electron chi connectivity index (χ3n) is 1.91. The molecule has 1 aromatic carbocycles. The minimum Gasteiger partial charge on any atom is -0.302 e. The molecule has 0 aromatic heterocycles. The van der Waals surface area contributed by atoms with Crippen LogP contribution in [0.1, 0.15) is 12.5 Å². The van der Waals surface area contributed by atoms with E-state index in [1.165, 1.54) is 12.1 Å². The minimum absolute atomic E-state index is 0. The van der Waals surface area contributed by atoms with Crippen LogP contribution in [0.5, 0.6) is 0 Å². The summed E-state index contributed by atoms with van der Waals surface area (Å²) >= 11 is 0. The highest BCUT2D eigenvalue weighted by Crippen LogP contribution is 2.04. The van der Waals surface area contributed by atoms with E-state index in [1.54, 1.807) is 0 Å². The van der Waals surface area contributed by atoms with E-state index >= 15 is 0 Å². The van der Waals surface area contributed by atoms with Crippen LogP contribution in [0.15, 0.2) is 24.3 Å². The minimum atomic E-state index is -0.169. The Hall–Kier alpha value is -0.600. The summed E-state index contributed by atoms with van der Waals surface area (Å²) in [6.45, 7) is 4.00. The van der Waals surface area contributed by atoms with Crippen molar-refractivity contribution in [2.24, 2.45) is 0 Å². The molecule has 13 heavy (non-hydrogen) atoms. The number of halogens is 2. The second-order valence-electron chi connectivity index (χ2n) is 2.96. The maximum atomic E-state index is 12.5. The fourth-order valence-electron chi connectivity index (χ4n) is 1.01. The first kappa shape index (κ1) is 12.4. The Morgan fingerprint density at radius 3 is 2.23 bits per heavy atom. The first-order valence-corrected chi connectivity index (χ1v) is 4.15. The molecule has 1 aromatic rings. The largest absolute Gasteiger partial charge is 0.302 e. The molecule has 0 N–H and O–H groups in total. The predicted molar refractivity (Wildman–Crippen MR) is 55.7 cm³/mol. The first-order valence-electron chi connectivity index (χ1n) is 4.15. The van der Waals surface area contributed by atoms with Crippen molar-refractivity contribution in [1.82, 2.24) is 4.90 Å². The van der Waals surface area contributed by atoms with Gasteiger partial charge in [0.1, 0.15) is 5.82 Å². The van der Waals surface area contributed by atoms with Crippen LogP contribution in [0.2, 0.25) is 0 Å². The highest BCUT2D eigenvalue weighted by atomic mass is 35.5. The van der Waals surface area contributed by atoms with E-state index in [0.717, 1.165) is 18.7 Å². The van der Waals surface area contributed by atoms with Crippen LogP contribution in [0, 0.1) is 5.82 Å². The summed E-state index contributed by atoms with van der Waals surface area (Å²) < 4.78 is 12.5. The van der Waals surface area contributed by atoms with Crippen molar-refractivity contribution in [3.63, 3.8) is 0 Å². The van der Waals surface area contributed by atoms with Crippen LogP contribution in [-0.4, -0.2) is 18.5 Å². The molecule has 74 valence electrons. The second-order valence-corrected chi connectivity index (χ2v) is 2.96. The summed E-state index contributed by atoms with van der Waals surface area (Å²) in [6, 6.07) is 6.64. The van der Waals surface area contributed by atoms with Crippen molar-refractivity contribution in [3.05, 3.63) is 35.6 Å². The third-order valence-corrected chi connectivity index (χ3v) is 1.91. The molecule has 0 spiro atoms. The lowest BCUT2D eigenvalue weighted by atomic mass is 10.2. The average Bonchev–Trinajstić information content (AvgIpc) is 2.09. The molecule has 0 fully saturated rings. The lowest BCUT2D eigenvalue weighted by molar-refractivity contribution is 0.345. The number of nitrogens with zero attached hydrogens (tertiary/aromatic N) is 1. The van der Waals surface area contributed by atoms with E-state index in [1.807, 2.05) is 19.2 Å². The molecular formula is C10H15ClFN. The monoisotopic (exact) mass is 203 g/mol. The molecular weight excluding hydrogens is 189 g/mol. The fraction of sp³-hybridized carbons (Fsp3) is 0.400. The van der Waals surface area contributed by atoms with Gasteiger partial charge in [-0.1, -0.05) is 19.1 Å². The van der Waals surface area contributed by atoms with Crippen LogP contribution in [0.25, 0.3) is 0 Å². The lowest BCUT2D eigenvalue weighted by Gasteiger charge is -2.13. The Labute approximate surface area is 85.0 Å². The second kappa shape index (κ2) is 5.95. The van der Waals surface area contributed by atoms with Gasteiger partial charge < -0.3 is 4.90 Å². The van der Waals surface area contributed by atoms with Crippen LogP contribution in [0.3, 0.4) is 0 Å². The molecule has 0 aliphatic heterocycles. The van der Waals surface area contributed by atoms with Crippen LogP contribution >= 0.6 is 12.4 Å². The molecule has 1 rings (SSSR count). The molecule has 0 radical (unpaired) electrons. The normalized spacial score (nSPS) is 9.85. The van der Waals surface area contributed by atoms with Gasteiger partial charge >= 0.3 is 0 Å². The molecule has 0 atom stereocenters. The van der Waals surface area contributed by atoms with Gasteiger partial charge in [-0.05, 0) is 31.3 Å².